The van der Waals surface area contributed by atoms with Crippen LogP contribution >= 0.6 is 0 Å². The van der Waals surface area contributed by atoms with Crippen molar-refractivity contribution in [1.82, 2.24) is 5.32 Å². The van der Waals surface area contributed by atoms with E-state index in [1.165, 1.54) is 5.57 Å². The lowest BCUT2D eigenvalue weighted by Gasteiger charge is -2.23. The van der Waals surface area contributed by atoms with Crippen molar-refractivity contribution in [3.8, 4) is 0 Å². The summed E-state index contributed by atoms with van der Waals surface area (Å²) in [6.07, 6.45) is 3.76. The largest absolute Gasteiger partial charge is 0.481 e. The molecule has 3 heteroatoms. The highest BCUT2D eigenvalue weighted by atomic mass is 16.4. The number of aliphatic carboxylic acids is 1. The molecule has 1 aliphatic rings. The molecule has 0 atom stereocenters. The zero-order valence-electron chi connectivity index (χ0n) is 8.26. The second kappa shape index (κ2) is 3.92. The van der Waals surface area contributed by atoms with Crippen LogP contribution in [0.4, 0.5) is 0 Å². The molecule has 0 spiro atoms. The van der Waals surface area contributed by atoms with Crippen LogP contribution in [0.5, 0.6) is 0 Å². The van der Waals surface area contributed by atoms with E-state index in [1.54, 1.807) is 13.8 Å². The van der Waals surface area contributed by atoms with Crippen LogP contribution in [-0.4, -0.2) is 24.2 Å². The van der Waals surface area contributed by atoms with Gasteiger partial charge < -0.3 is 10.4 Å². The lowest BCUT2D eigenvalue weighted by molar-refractivity contribution is -0.146. The Morgan fingerprint density at radius 3 is 2.85 bits per heavy atom. The molecule has 0 bridgehead atoms. The number of nitrogens with one attached hydrogen (secondary N) is 1. The van der Waals surface area contributed by atoms with Crippen molar-refractivity contribution < 1.29 is 9.90 Å². The third-order valence-corrected chi connectivity index (χ3v) is 2.41. The molecular formula is C10H17NO2. The fourth-order valence-corrected chi connectivity index (χ4v) is 1.47. The molecule has 0 aromatic heterocycles. The normalized spacial score (nSPS) is 18.2. The summed E-state index contributed by atoms with van der Waals surface area (Å²) < 4.78 is 0. The van der Waals surface area contributed by atoms with Crippen molar-refractivity contribution in [3.63, 3.8) is 0 Å². The first-order valence-corrected chi connectivity index (χ1v) is 4.64. The molecule has 1 aliphatic heterocycles. The van der Waals surface area contributed by atoms with Gasteiger partial charge in [-0.2, -0.15) is 0 Å². The molecule has 0 aliphatic carbocycles. The van der Waals surface area contributed by atoms with Crippen molar-refractivity contribution in [2.24, 2.45) is 5.41 Å². The van der Waals surface area contributed by atoms with Gasteiger partial charge in [0.1, 0.15) is 0 Å². The molecule has 0 aromatic rings. The lowest BCUT2D eigenvalue weighted by atomic mass is 9.84. The number of carboxylic acids is 1. The molecule has 3 nitrogen and oxygen atoms in total. The Kier molecular flexibility index (Phi) is 3.09. The minimum atomic E-state index is -0.716. The molecule has 0 radical (unpaired) electrons. The molecule has 0 amide bonds. The van der Waals surface area contributed by atoms with Gasteiger partial charge in [0.25, 0.3) is 0 Å². The van der Waals surface area contributed by atoms with Gasteiger partial charge in [-0.25, -0.2) is 0 Å². The van der Waals surface area contributed by atoms with Crippen LogP contribution in [0.25, 0.3) is 0 Å². The zero-order valence-corrected chi connectivity index (χ0v) is 8.26. The van der Waals surface area contributed by atoms with Crippen LogP contribution in [-0.2, 0) is 4.79 Å². The highest BCUT2D eigenvalue weighted by Gasteiger charge is 2.28. The van der Waals surface area contributed by atoms with Gasteiger partial charge >= 0.3 is 5.97 Å². The van der Waals surface area contributed by atoms with Gasteiger partial charge in [0.05, 0.1) is 5.41 Å². The summed E-state index contributed by atoms with van der Waals surface area (Å²) in [5.41, 5.74) is 0.648. The van der Waals surface area contributed by atoms with Crippen molar-refractivity contribution in [2.75, 3.05) is 13.1 Å². The Morgan fingerprint density at radius 2 is 2.38 bits per heavy atom. The molecular weight excluding hydrogens is 166 g/mol. The van der Waals surface area contributed by atoms with Crippen LogP contribution in [0.2, 0.25) is 0 Å². The number of carbonyl (C=O) groups is 1. The van der Waals surface area contributed by atoms with E-state index in [0.717, 1.165) is 19.5 Å². The van der Waals surface area contributed by atoms with E-state index in [4.69, 9.17) is 5.11 Å². The topological polar surface area (TPSA) is 49.3 Å². The third-order valence-electron chi connectivity index (χ3n) is 2.41. The maximum atomic E-state index is 10.9. The first kappa shape index (κ1) is 10.3. The quantitative estimate of drug-likeness (QED) is 0.650. The van der Waals surface area contributed by atoms with Gasteiger partial charge in [0.2, 0.25) is 0 Å². The zero-order chi connectivity index (χ0) is 9.90. The Morgan fingerprint density at radius 1 is 1.69 bits per heavy atom. The number of carboxylic acid groups (broad SMARTS) is 1. The van der Waals surface area contributed by atoms with Gasteiger partial charge in [0.15, 0.2) is 0 Å². The van der Waals surface area contributed by atoms with Crippen molar-refractivity contribution in [2.45, 2.75) is 26.7 Å². The monoisotopic (exact) mass is 183 g/mol. The molecule has 1 heterocycles. The Balaban J connectivity index is 2.56. The van der Waals surface area contributed by atoms with Crippen molar-refractivity contribution in [3.05, 3.63) is 11.6 Å². The molecule has 0 fully saturated rings. The molecule has 74 valence electrons. The molecule has 0 unspecified atom stereocenters. The van der Waals surface area contributed by atoms with E-state index in [2.05, 4.69) is 11.4 Å². The fourth-order valence-electron chi connectivity index (χ4n) is 1.47. The predicted molar refractivity (Wildman–Crippen MR) is 51.6 cm³/mol. The summed E-state index contributed by atoms with van der Waals surface area (Å²) in [6, 6.07) is 0. The van der Waals surface area contributed by atoms with E-state index >= 15 is 0 Å². The molecule has 0 aromatic carbocycles. The predicted octanol–water partition coefficient (Wildman–Crippen LogP) is 1.41. The summed E-state index contributed by atoms with van der Waals surface area (Å²) in [5.74, 6) is -0.716. The van der Waals surface area contributed by atoms with Crippen LogP contribution in [0.3, 0.4) is 0 Å². The van der Waals surface area contributed by atoms with E-state index in [0.29, 0.717) is 6.42 Å². The summed E-state index contributed by atoms with van der Waals surface area (Å²) in [4.78, 5) is 10.9. The van der Waals surface area contributed by atoms with E-state index in [-0.39, 0.29) is 0 Å². The van der Waals surface area contributed by atoms with Crippen LogP contribution in [0, 0.1) is 5.41 Å². The van der Waals surface area contributed by atoms with Gasteiger partial charge in [-0.15, -0.1) is 0 Å². The second-order valence-corrected chi connectivity index (χ2v) is 4.18. The highest BCUT2D eigenvalue weighted by molar-refractivity contribution is 5.74. The first-order chi connectivity index (χ1) is 6.02. The summed E-state index contributed by atoms with van der Waals surface area (Å²) in [6.45, 7) is 5.41. The van der Waals surface area contributed by atoms with E-state index < -0.39 is 11.4 Å². The molecule has 2 N–H and O–H groups in total. The molecule has 1 rings (SSSR count). The van der Waals surface area contributed by atoms with Crippen molar-refractivity contribution in [1.29, 1.82) is 0 Å². The molecule has 0 saturated carbocycles. The fraction of sp³-hybridized carbons (Fsp3) is 0.700. The number of hydrogen-bond acceptors (Lipinski definition) is 2. The van der Waals surface area contributed by atoms with Gasteiger partial charge in [-0.3, -0.25) is 4.79 Å². The number of hydrogen-bond donors (Lipinski definition) is 2. The van der Waals surface area contributed by atoms with Gasteiger partial charge in [0, 0.05) is 6.54 Å². The van der Waals surface area contributed by atoms with Crippen LogP contribution in [0.1, 0.15) is 26.7 Å². The van der Waals surface area contributed by atoms with E-state index in [9.17, 15) is 4.79 Å². The first-order valence-electron chi connectivity index (χ1n) is 4.64. The molecule has 13 heavy (non-hydrogen) atoms. The van der Waals surface area contributed by atoms with Crippen LogP contribution < -0.4 is 5.32 Å². The molecule has 0 saturated heterocycles. The van der Waals surface area contributed by atoms with E-state index in [1.807, 2.05) is 0 Å². The smallest absolute Gasteiger partial charge is 0.309 e. The highest BCUT2D eigenvalue weighted by Crippen LogP contribution is 2.27. The maximum Gasteiger partial charge on any atom is 0.309 e. The summed E-state index contributed by atoms with van der Waals surface area (Å²) >= 11 is 0. The number of rotatable bonds is 3. The maximum absolute atomic E-state index is 10.9. The average molecular weight is 183 g/mol. The minimum Gasteiger partial charge on any atom is -0.481 e. The van der Waals surface area contributed by atoms with Crippen LogP contribution in [0.15, 0.2) is 11.6 Å². The van der Waals surface area contributed by atoms with Crippen molar-refractivity contribution >= 4 is 5.97 Å². The standard InChI is InChI=1S/C10H17NO2/c1-10(2,9(12)13)7-8-3-5-11-6-4-8/h3,11H,4-7H2,1-2H3,(H,12,13). The Hall–Kier alpha value is -0.830. The third kappa shape index (κ3) is 2.84. The SMILES string of the molecule is CC(C)(CC1=CCNCC1)C(=O)O. The summed E-state index contributed by atoms with van der Waals surface area (Å²) in [7, 11) is 0. The Bertz CT molecular complexity index is 231. The second-order valence-electron chi connectivity index (χ2n) is 4.18. The van der Waals surface area contributed by atoms with Gasteiger partial charge in [-0.1, -0.05) is 11.6 Å². The Labute approximate surface area is 78.8 Å². The van der Waals surface area contributed by atoms with Gasteiger partial charge in [-0.05, 0) is 33.2 Å². The summed E-state index contributed by atoms with van der Waals surface area (Å²) in [5, 5.41) is 12.1. The lowest BCUT2D eigenvalue weighted by Crippen LogP contribution is -2.27. The average Bonchev–Trinajstić information content (AvgIpc) is 2.05. The minimum absolute atomic E-state index is 0.622.